The summed E-state index contributed by atoms with van der Waals surface area (Å²) in [7, 11) is 0. The van der Waals surface area contributed by atoms with E-state index in [1.54, 1.807) is 0 Å². The van der Waals surface area contributed by atoms with E-state index in [0.29, 0.717) is 19.3 Å². The van der Waals surface area contributed by atoms with Crippen molar-refractivity contribution in [2.75, 3.05) is 13.2 Å². The molecule has 0 N–H and O–H groups in total. The molecule has 6 nitrogen and oxygen atoms in total. The van der Waals surface area contributed by atoms with Gasteiger partial charge < -0.3 is 14.2 Å². The normalized spacial score (nSPS) is 12.1. The molecule has 0 aliphatic rings. The first-order valence-electron chi connectivity index (χ1n) is 29.8. The Morgan fingerprint density at radius 2 is 0.537 bits per heavy atom. The lowest BCUT2D eigenvalue weighted by Crippen LogP contribution is -2.30. The maximum atomic E-state index is 12.8. The van der Waals surface area contributed by atoms with E-state index in [-0.39, 0.29) is 31.1 Å². The molecule has 0 rings (SSSR count). The second-order valence-electron chi connectivity index (χ2n) is 20.3. The van der Waals surface area contributed by atoms with Gasteiger partial charge in [0.25, 0.3) is 0 Å². The van der Waals surface area contributed by atoms with E-state index < -0.39 is 6.10 Å². The Kier molecular flexibility index (Phi) is 54.7. The van der Waals surface area contributed by atoms with Crippen LogP contribution in [0.2, 0.25) is 0 Å². The van der Waals surface area contributed by atoms with E-state index in [1.807, 2.05) is 0 Å². The maximum absolute atomic E-state index is 12.8. The number of rotatable bonds is 55. The average Bonchev–Trinajstić information content (AvgIpc) is 3.33. The minimum absolute atomic E-state index is 0.0700. The van der Waals surface area contributed by atoms with E-state index in [4.69, 9.17) is 14.2 Å². The summed E-state index contributed by atoms with van der Waals surface area (Å²) < 4.78 is 16.9. The van der Waals surface area contributed by atoms with E-state index >= 15 is 0 Å². The van der Waals surface area contributed by atoms with Gasteiger partial charge in [0, 0.05) is 19.3 Å². The van der Waals surface area contributed by atoms with E-state index in [2.05, 4.69) is 45.1 Å². The summed E-state index contributed by atoms with van der Waals surface area (Å²) >= 11 is 0. The Morgan fingerprint density at radius 3 is 0.851 bits per heavy atom. The van der Waals surface area contributed by atoms with Crippen LogP contribution in [0.3, 0.4) is 0 Å². The van der Waals surface area contributed by atoms with Gasteiger partial charge in [-0.3, -0.25) is 14.4 Å². The zero-order valence-corrected chi connectivity index (χ0v) is 45.2. The van der Waals surface area contributed by atoms with Crippen LogP contribution in [0.1, 0.15) is 329 Å². The quantitative estimate of drug-likeness (QED) is 0.0262. The molecular weight excluding hydrogens is 829 g/mol. The molecular formula is C61H114O6. The van der Waals surface area contributed by atoms with Gasteiger partial charge in [-0.05, 0) is 51.4 Å². The van der Waals surface area contributed by atoms with E-state index in [0.717, 1.165) is 77.0 Å². The number of carbonyl (C=O) groups excluding carboxylic acids is 3. The molecule has 1 atom stereocenters. The molecule has 0 aromatic heterocycles. The van der Waals surface area contributed by atoms with Gasteiger partial charge in [0.1, 0.15) is 13.2 Å². The van der Waals surface area contributed by atoms with Crippen molar-refractivity contribution in [1.82, 2.24) is 0 Å². The summed E-state index contributed by atoms with van der Waals surface area (Å²) in [6, 6.07) is 0. The minimum Gasteiger partial charge on any atom is -0.462 e. The van der Waals surface area contributed by atoms with Crippen LogP contribution in [0.4, 0.5) is 0 Å². The van der Waals surface area contributed by atoms with Gasteiger partial charge in [-0.25, -0.2) is 0 Å². The number of hydrogen-bond donors (Lipinski definition) is 0. The van der Waals surface area contributed by atoms with Gasteiger partial charge in [0.2, 0.25) is 0 Å². The molecule has 0 aliphatic heterocycles. The zero-order chi connectivity index (χ0) is 48.6. The minimum atomic E-state index is -0.772. The highest BCUT2D eigenvalue weighted by molar-refractivity contribution is 5.71. The Labute approximate surface area is 417 Å². The zero-order valence-electron chi connectivity index (χ0n) is 45.2. The monoisotopic (exact) mass is 943 g/mol. The first-order valence-corrected chi connectivity index (χ1v) is 29.8. The second-order valence-corrected chi connectivity index (χ2v) is 20.3. The highest BCUT2D eigenvalue weighted by Crippen LogP contribution is 2.17. The van der Waals surface area contributed by atoms with Gasteiger partial charge in [-0.15, -0.1) is 0 Å². The molecule has 6 heteroatoms. The van der Waals surface area contributed by atoms with Crippen LogP contribution in [-0.2, 0) is 28.6 Å². The predicted octanol–water partition coefficient (Wildman–Crippen LogP) is 19.9. The molecule has 394 valence electrons. The second kappa shape index (κ2) is 56.5. The van der Waals surface area contributed by atoms with Crippen molar-refractivity contribution < 1.29 is 28.6 Å². The van der Waals surface area contributed by atoms with Crippen LogP contribution in [0.15, 0.2) is 24.3 Å². The summed E-state index contributed by atoms with van der Waals surface area (Å²) in [5.41, 5.74) is 0. The highest BCUT2D eigenvalue weighted by atomic mass is 16.6. The Balaban J connectivity index is 4.27. The molecule has 0 aromatic rings. The van der Waals surface area contributed by atoms with Crippen molar-refractivity contribution in [3.8, 4) is 0 Å². The van der Waals surface area contributed by atoms with Crippen LogP contribution < -0.4 is 0 Å². The van der Waals surface area contributed by atoms with E-state index in [1.165, 1.54) is 212 Å². The third kappa shape index (κ3) is 54.7. The summed E-state index contributed by atoms with van der Waals surface area (Å²) in [4.78, 5) is 38.1. The fraction of sp³-hybridized carbons (Fsp3) is 0.885. The Hall–Kier alpha value is -2.11. The molecule has 0 radical (unpaired) electrons. The molecule has 0 aromatic carbocycles. The van der Waals surface area contributed by atoms with Gasteiger partial charge in [0.05, 0.1) is 0 Å². The molecule has 0 bridgehead atoms. The van der Waals surface area contributed by atoms with Crippen molar-refractivity contribution in [1.29, 1.82) is 0 Å². The van der Waals surface area contributed by atoms with E-state index in [9.17, 15) is 14.4 Å². The van der Waals surface area contributed by atoms with Gasteiger partial charge in [0.15, 0.2) is 6.10 Å². The molecule has 67 heavy (non-hydrogen) atoms. The molecule has 0 unspecified atom stereocenters. The maximum Gasteiger partial charge on any atom is 0.306 e. The smallest absolute Gasteiger partial charge is 0.306 e. The molecule has 0 aliphatic carbocycles. The van der Waals surface area contributed by atoms with Gasteiger partial charge >= 0.3 is 17.9 Å². The molecule has 0 amide bonds. The van der Waals surface area contributed by atoms with Crippen LogP contribution in [0, 0.1) is 0 Å². The molecule has 0 spiro atoms. The summed E-state index contributed by atoms with van der Waals surface area (Å²) in [6.07, 6.45) is 66.0. The first kappa shape index (κ1) is 64.9. The fourth-order valence-corrected chi connectivity index (χ4v) is 8.95. The number of hydrogen-bond acceptors (Lipinski definition) is 6. The van der Waals surface area contributed by atoms with Crippen molar-refractivity contribution in [2.24, 2.45) is 0 Å². The van der Waals surface area contributed by atoms with Crippen LogP contribution >= 0.6 is 0 Å². The van der Waals surface area contributed by atoms with Crippen LogP contribution in [0.5, 0.6) is 0 Å². The number of esters is 3. The number of carbonyl (C=O) groups is 3. The number of unbranched alkanes of at least 4 members (excludes halogenated alkanes) is 40. The summed E-state index contributed by atoms with van der Waals surface area (Å²) in [5.74, 6) is -0.862. The third-order valence-electron chi connectivity index (χ3n) is 13.5. The highest BCUT2D eigenvalue weighted by Gasteiger charge is 2.19. The number of ether oxygens (including phenoxy) is 3. The Morgan fingerprint density at radius 1 is 0.299 bits per heavy atom. The molecule has 0 saturated carbocycles. The van der Waals surface area contributed by atoms with Gasteiger partial charge in [-0.2, -0.15) is 0 Å². The lowest BCUT2D eigenvalue weighted by Gasteiger charge is -2.18. The molecule has 0 saturated heterocycles. The van der Waals surface area contributed by atoms with Crippen molar-refractivity contribution in [3.05, 3.63) is 24.3 Å². The molecule has 0 heterocycles. The lowest BCUT2D eigenvalue weighted by atomic mass is 10.0. The summed E-state index contributed by atoms with van der Waals surface area (Å²) in [5, 5.41) is 0. The van der Waals surface area contributed by atoms with Crippen LogP contribution in [0.25, 0.3) is 0 Å². The third-order valence-corrected chi connectivity index (χ3v) is 13.5. The van der Waals surface area contributed by atoms with Crippen molar-refractivity contribution >= 4 is 17.9 Å². The fourth-order valence-electron chi connectivity index (χ4n) is 8.95. The SMILES string of the molecule is CCCCC/C=C\C/C=C\CCCCCCCC(=O)OC[C@H](COC(=O)CCCCCCCCCCCCCCCCCCCCCCC)OC(=O)CCCCCCCCCCCCCCC. The van der Waals surface area contributed by atoms with Crippen LogP contribution in [-0.4, -0.2) is 37.2 Å². The largest absolute Gasteiger partial charge is 0.462 e. The number of allylic oxidation sites excluding steroid dienone is 4. The predicted molar refractivity (Wildman–Crippen MR) is 289 cm³/mol. The molecule has 0 fully saturated rings. The van der Waals surface area contributed by atoms with Crippen molar-refractivity contribution in [3.63, 3.8) is 0 Å². The lowest BCUT2D eigenvalue weighted by molar-refractivity contribution is -0.167. The topological polar surface area (TPSA) is 78.9 Å². The first-order chi connectivity index (χ1) is 33.0. The Bertz CT molecular complexity index is 1080. The average molecular weight is 944 g/mol. The standard InChI is InChI=1S/C61H114O6/c1-4-7-10-13-16-19-22-25-27-28-29-30-31-32-34-37-39-42-45-48-51-54-60(63)66-57-58(67-61(64)55-52-49-46-43-40-35-24-21-18-15-12-9-6-3)56-65-59(62)53-50-47-44-41-38-36-33-26-23-20-17-14-11-8-5-2/h17,20,26,33,58H,4-16,18-19,21-25,27-32,34-57H2,1-3H3/b20-17-,33-26-/t58-/m1/s1. The summed E-state index contributed by atoms with van der Waals surface area (Å²) in [6.45, 7) is 6.65. The van der Waals surface area contributed by atoms with Crippen molar-refractivity contribution in [2.45, 2.75) is 335 Å². The van der Waals surface area contributed by atoms with Gasteiger partial charge in [-0.1, -0.05) is 283 Å².